The minimum absolute atomic E-state index is 0.0341. The van der Waals surface area contributed by atoms with Gasteiger partial charge in [0.25, 0.3) is 0 Å². The van der Waals surface area contributed by atoms with Crippen molar-refractivity contribution < 1.29 is 14.0 Å². The summed E-state index contributed by atoms with van der Waals surface area (Å²) in [5.74, 6) is 0.437. The largest absolute Gasteiger partial charge is 0.507 e. The second-order valence-corrected chi connectivity index (χ2v) is 8.54. The summed E-state index contributed by atoms with van der Waals surface area (Å²) in [6, 6.07) is 6.64. The number of piperazine rings is 1. The van der Waals surface area contributed by atoms with E-state index in [-0.39, 0.29) is 17.0 Å². The Labute approximate surface area is 185 Å². The van der Waals surface area contributed by atoms with Gasteiger partial charge in [-0.15, -0.1) is 10.2 Å². The van der Waals surface area contributed by atoms with Crippen LogP contribution in [0.15, 0.2) is 36.8 Å². The van der Waals surface area contributed by atoms with E-state index < -0.39 is 7.04 Å². The minimum Gasteiger partial charge on any atom is -0.507 e. The van der Waals surface area contributed by atoms with Crippen LogP contribution in [-0.4, -0.2) is 63.0 Å². The van der Waals surface area contributed by atoms with Crippen LogP contribution in [0.5, 0.6) is 11.6 Å². The number of ether oxygens (including phenoxy) is 1. The predicted octanol–water partition coefficient (Wildman–Crippen LogP) is 2.53. The van der Waals surface area contributed by atoms with E-state index in [4.69, 9.17) is 8.85 Å². The Morgan fingerprint density at radius 1 is 1.16 bits per heavy atom. The molecular weight excluding hydrogens is 394 g/mol. The van der Waals surface area contributed by atoms with Crippen LogP contribution in [0.25, 0.3) is 22.5 Å². The van der Waals surface area contributed by atoms with E-state index in [9.17, 15) is 5.11 Å². The lowest BCUT2D eigenvalue weighted by atomic mass is 9.85. The van der Waals surface area contributed by atoms with Crippen LogP contribution in [0.1, 0.15) is 24.9 Å². The van der Waals surface area contributed by atoms with E-state index in [2.05, 4.69) is 56.1 Å². The standard InChI is InChI=1S/C22H27N7O2/c1-22(2,3)19-12-29(8-7-23-19)21-24-11-17(27-28-21)15-6-5-14(9-18(15)30)16-10-20(31-4)26-13-25-16/h5-6,9-11,13,19,23,30H,7-8,12H2,1-4H3/t19-/m1/s1/i4D3. The third-order valence-corrected chi connectivity index (χ3v) is 5.37. The normalized spacial score (nSPS) is 18.7. The Morgan fingerprint density at radius 2 is 2.03 bits per heavy atom. The second-order valence-electron chi connectivity index (χ2n) is 8.54. The molecule has 0 spiro atoms. The molecule has 0 radical (unpaired) electrons. The topological polar surface area (TPSA) is 109 Å². The van der Waals surface area contributed by atoms with Crippen molar-refractivity contribution in [1.82, 2.24) is 30.5 Å². The van der Waals surface area contributed by atoms with Crippen LogP contribution in [-0.2, 0) is 0 Å². The second kappa shape index (κ2) is 8.43. The fourth-order valence-electron chi connectivity index (χ4n) is 3.51. The average Bonchev–Trinajstić information content (AvgIpc) is 2.78. The van der Waals surface area contributed by atoms with Gasteiger partial charge in [-0.1, -0.05) is 26.8 Å². The summed E-state index contributed by atoms with van der Waals surface area (Å²) in [7, 11) is -2.62. The molecule has 0 amide bonds. The van der Waals surface area contributed by atoms with Crippen molar-refractivity contribution in [3.05, 3.63) is 36.8 Å². The van der Waals surface area contributed by atoms with E-state index in [1.807, 2.05) is 0 Å². The van der Waals surface area contributed by atoms with Crippen LogP contribution >= 0.6 is 0 Å². The molecule has 2 aromatic heterocycles. The lowest BCUT2D eigenvalue weighted by Gasteiger charge is -2.40. The summed E-state index contributed by atoms with van der Waals surface area (Å²) in [4.78, 5) is 14.5. The van der Waals surface area contributed by atoms with Crippen molar-refractivity contribution in [3.63, 3.8) is 0 Å². The summed E-state index contributed by atoms with van der Waals surface area (Å²) in [6.45, 7) is 9.02. The quantitative estimate of drug-likeness (QED) is 0.653. The molecule has 0 aliphatic carbocycles. The maximum absolute atomic E-state index is 10.6. The van der Waals surface area contributed by atoms with Gasteiger partial charge in [-0.3, -0.25) is 0 Å². The molecule has 1 aliphatic heterocycles. The highest BCUT2D eigenvalue weighted by molar-refractivity contribution is 5.72. The Bertz CT molecular complexity index is 1150. The number of hydrogen-bond acceptors (Lipinski definition) is 9. The molecule has 1 atom stereocenters. The van der Waals surface area contributed by atoms with Gasteiger partial charge in [-0.25, -0.2) is 15.0 Å². The molecular formula is C22H27N7O2. The number of hydrogen-bond donors (Lipinski definition) is 2. The molecule has 1 aromatic carbocycles. The van der Waals surface area contributed by atoms with E-state index in [0.29, 0.717) is 34.5 Å². The first-order chi connectivity index (χ1) is 16.0. The molecule has 0 unspecified atom stereocenters. The zero-order chi connectivity index (χ0) is 24.5. The number of rotatable bonds is 4. The van der Waals surface area contributed by atoms with Gasteiger partial charge < -0.3 is 20.1 Å². The number of methoxy groups -OCH3 is 1. The number of nitrogens with zero attached hydrogens (tertiary/aromatic N) is 6. The summed E-state index contributed by atoms with van der Waals surface area (Å²) in [6.07, 6.45) is 2.80. The number of phenolic OH excluding ortho intramolecular Hbond substituents is 1. The van der Waals surface area contributed by atoms with Crippen LogP contribution in [0.3, 0.4) is 0 Å². The zero-order valence-electron chi connectivity index (χ0n) is 20.7. The third-order valence-electron chi connectivity index (χ3n) is 5.37. The smallest absolute Gasteiger partial charge is 0.245 e. The molecule has 9 nitrogen and oxygen atoms in total. The summed E-state index contributed by atoms with van der Waals surface area (Å²) >= 11 is 0. The van der Waals surface area contributed by atoms with E-state index in [1.165, 1.54) is 18.5 Å². The fourth-order valence-corrected chi connectivity index (χ4v) is 3.51. The number of aromatic nitrogens is 5. The van der Waals surface area contributed by atoms with Crippen LogP contribution in [0.4, 0.5) is 5.95 Å². The van der Waals surface area contributed by atoms with Gasteiger partial charge in [0, 0.05) is 42.9 Å². The van der Waals surface area contributed by atoms with Crippen molar-refractivity contribution >= 4 is 5.95 Å². The van der Waals surface area contributed by atoms with E-state index in [0.717, 1.165) is 19.6 Å². The Balaban J connectivity index is 1.52. The lowest BCUT2D eigenvalue weighted by molar-refractivity contribution is 0.252. The van der Waals surface area contributed by atoms with Crippen molar-refractivity contribution in [2.24, 2.45) is 5.41 Å². The molecule has 31 heavy (non-hydrogen) atoms. The lowest BCUT2D eigenvalue weighted by Crippen LogP contribution is -2.56. The summed E-state index contributed by atoms with van der Waals surface area (Å²) in [5, 5.41) is 22.8. The van der Waals surface area contributed by atoms with Crippen LogP contribution in [0.2, 0.25) is 0 Å². The first kappa shape index (κ1) is 17.4. The molecule has 4 rings (SSSR count). The maximum atomic E-state index is 10.6. The monoisotopic (exact) mass is 424 g/mol. The van der Waals surface area contributed by atoms with Crippen LogP contribution < -0.4 is 15.0 Å². The maximum Gasteiger partial charge on any atom is 0.245 e. The van der Waals surface area contributed by atoms with Crippen LogP contribution in [0, 0.1) is 5.41 Å². The summed E-state index contributed by atoms with van der Waals surface area (Å²) in [5.41, 5.74) is 1.98. The molecule has 9 heteroatoms. The van der Waals surface area contributed by atoms with Gasteiger partial charge in [0.1, 0.15) is 17.8 Å². The first-order valence-corrected chi connectivity index (χ1v) is 10.0. The molecule has 1 saturated heterocycles. The number of anilines is 1. The van der Waals surface area contributed by atoms with Gasteiger partial charge in [0.15, 0.2) is 0 Å². The number of benzene rings is 1. The minimum atomic E-state index is -2.62. The number of phenols is 1. The van der Waals surface area contributed by atoms with Gasteiger partial charge in [-0.05, 0) is 17.5 Å². The van der Waals surface area contributed by atoms with Gasteiger partial charge in [-0.2, -0.15) is 0 Å². The average molecular weight is 425 g/mol. The van der Waals surface area contributed by atoms with Gasteiger partial charge in [0.05, 0.1) is 23.0 Å². The highest BCUT2D eigenvalue weighted by Crippen LogP contribution is 2.32. The molecule has 3 heterocycles. The fraction of sp³-hybridized carbons (Fsp3) is 0.409. The number of aromatic hydroxyl groups is 1. The molecule has 162 valence electrons. The summed E-state index contributed by atoms with van der Waals surface area (Å²) < 4.78 is 26.4. The molecule has 3 aromatic rings. The molecule has 0 saturated carbocycles. The number of nitrogens with one attached hydrogen (secondary N) is 1. The first-order valence-electron chi connectivity index (χ1n) is 11.5. The Hall–Kier alpha value is -3.33. The zero-order valence-corrected chi connectivity index (χ0v) is 17.7. The van der Waals surface area contributed by atoms with Crippen molar-refractivity contribution in [3.8, 4) is 34.1 Å². The third kappa shape index (κ3) is 4.56. The van der Waals surface area contributed by atoms with Crippen molar-refractivity contribution in [2.75, 3.05) is 31.6 Å². The van der Waals surface area contributed by atoms with Crippen molar-refractivity contribution in [1.29, 1.82) is 0 Å². The highest BCUT2D eigenvalue weighted by atomic mass is 16.5. The van der Waals surface area contributed by atoms with E-state index >= 15 is 0 Å². The van der Waals surface area contributed by atoms with Gasteiger partial charge in [0.2, 0.25) is 11.8 Å². The predicted molar refractivity (Wildman–Crippen MR) is 118 cm³/mol. The van der Waals surface area contributed by atoms with Gasteiger partial charge >= 0.3 is 0 Å². The Kier molecular flexibility index (Phi) is 4.72. The SMILES string of the molecule is [2H]C([2H])([2H])Oc1cc(-c2ccc(-c3cnc(N4CCN[C@@H](C(C)(C)C)C4)nn3)c(O)c2)ncn1. The molecule has 0 bridgehead atoms. The molecule has 1 fully saturated rings. The highest BCUT2D eigenvalue weighted by Gasteiger charge is 2.30. The molecule has 1 aliphatic rings. The van der Waals surface area contributed by atoms with E-state index in [1.54, 1.807) is 18.3 Å². The molecule has 2 N–H and O–H groups in total. The Morgan fingerprint density at radius 3 is 2.74 bits per heavy atom. The van der Waals surface area contributed by atoms with Crippen molar-refractivity contribution in [2.45, 2.75) is 26.8 Å².